The number of nitrogens with zero attached hydrogens (tertiary/aromatic N) is 1. The van der Waals surface area contributed by atoms with Gasteiger partial charge in [0.25, 0.3) is 0 Å². The molecule has 0 aliphatic rings. The van der Waals surface area contributed by atoms with Crippen molar-refractivity contribution in [2.24, 2.45) is 0 Å². The summed E-state index contributed by atoms with van der Waals surface area (Å²) in [7, 11) is 0. The molecule has 0 amide bonds. The van der Waals surface area contributed by atoms with Gasteiger partial charge in [-0.1, -0.05) is 66.7 Å². The molecule has 114 valence electrons. The summed E-state index contributed by atoms with van der Waals surface area (Å²) in [6, 6.07) is 25.3. The zero-order valence-corrected chi connectivity index (χ0v) is 12.7. The summed E-state index contributed by atoms with van der Waals surface area (Å²) in [5.41, 5.74) is 1.87. The fraction of sp³-hybridized carbons (Fsp3) is 0.150. The highest BCUT2D eigenvalue weighted by atomic mass is 16.3. The van der Waals surface area contributed by atoms with Crippen molar-refractivity contribution in [1.29, 1.82) is 5.26 Å². The molecule has 0 unspecified atom stereocenters. The molecule has 3 nitrogen and oxygen atoms in total. The second-order valence-corrected chi connectivity index (χ2v) is 5.48. The van der Waals surface area contributed by atoms with Crippen molar-refractivity contribution in [2.75, 3.05) is 6.61 Å². The molecular formula is C20H18N2O. The third-order valence-corrected chi connectivity index (χ3v) is 3.99. The monoisotopic (exact) mass is 302 g/mol. The van der Waals surface area contributed by atoms with Crippen molar-refractivity contribution >= 4 is 10.8 Å². The Labute approximate surface area is 135 Å². The van der Waals surface area contributed by atoms with Crippen molar-refractivity contribution in [3.63, 3.8) is 0 Å². The fourth-order valence-corrected chi connectivity index (χ4v) is 2.74. The van der Waals surface area contributed by atoms with Crippen LogP contribution in [0.25, 0.3) is 10.8 Å². The van der Waals surface area contributed by atoms with Crippen LogP contribution in [0.1, 0.15) is 23.2 Å². The Kier molecular flexibility index (Phi) is 4.68. The van der Waals surface area contributed by atoms with Crippen molar-refractivity contribution < 1.29 is 5.11 Å². The Balaban J connectivity index is 1.87. The van der Waals surface area contributed by atoms with E-state index in [1.807, 2.05) is 66.7 Å². The van der Waals surface area contributed by atoms with Gasteiger partial charge >= 0.3 is 0 Å². The Bertz CT molecular complexity index is 824. The van der Waals surface area contributed by atoms with E-state index in [-0.39, 0.29) is 12.6 Å². The number of hydrogen-bond acceptors (Lipinski definition) is 3. The van der Waals surface area contributed by atoms with Crippen molar-refractivity contribution in [3.8, 4) is 6.07 Å². The van der Waals surface area contributed by atoms with Gasteiger partial charge in [0.2, 0.25) is 0 Å². The highest BCUT2D eigenvalue weighted by Gasteiger charge is 2.17. The first-order valence-corrected chi connectivity index (χ1v) is 7.62. The van der Waals surface area contributed by atoms with E-state index in [0.717, 1.165) is 21.9 Å². The highest BCUT2D eigenvalue weighted by Crippen LogP contribution is 2.23. The molecule has 0 fully saturated rings. The summed E-state index contributed by atoms with van der Waals surface area (Å²) < 4.78 is 0. The predicted octanol–water partition coefficient (Wildman–Crippen LogP) is 3.73. The minimum absolute atomic E-state index is 0.0597. The molecule has 0 heterocycles. The minimum atomic E-state index is -0.475. The van der Waals surface area contributed by atoms with Crippen LogP contribution in [0.2, 0.25) is 0 Å². The third kappa shape index (κ3) is 3.40. The maximum atomic E-state index is 9.67. The zero-order chi connectivity index (χ0) is 16.1. The molecule has 3 aromatic rings. The first-order valence-electron chi connectivity index (χ1n) is 7.62. The molecular weight excluding hydrogens is 284 g/mol. The normalized spacial score (nSPS) is 13.4. The molecule has 23 heavy (non-hydrogen) atoms. The lowest BCUT2D eigenvalue weighted by molar-refractivity contribution is 0.239. The van der Waals surface area contributed by atoms with Gasteiger partial charge in [0.15, 0.2) is 0 Å². The lowest BCUT2D eigenvalue weighted by atomic mass is 10.0. The van der Waals surface area contributed by atoms with E-state index in [1.54, 1.807) is 0 Å². The summed E-state index contributed by atoms with van der Waals surface area (Å²) in [5.74, 6) is 0. The van der Waals surface area contributed by atoms with E-state index in [4.69, 9.17) is 0 Å². The molecule has 3 heteroatoms. The summed E-state index contributed by atoms with van der Waals surface area (Å²) in [6.45, 7) is -0.0597. The van der Waals surface area contributed by atoms with Crippen LogP contribution in [0.3, 0.4) is 0 Å². The molecule has 3 rings (SSSR count). The Morgan fingerprint density at radius 3 is 2.26 bits per heavy atom. The zero-order valence-electron chi connectivity index (χ0n) is 12.7. The van der Waals surface area contributed by atoms with Crippen molar-refractivity contribution in [3.05, 3.63) is 83.9 Å². The van der Waals surface area contributed by atoms with Gasteiger partial charge in [-0.15, -0.1) is 0 Å². The second kappa shape index (κ2) is 7.06. The number of rotatable bonds is 5. The number of aliphatic hydroxyl groups is 1. The van der Waals surface area contributed by atoms with E-state index in [2.05, 4.69) is 17.5 Å². The number of aliphatic hydroxyl groups excluding tert-OH is 1. The third-order valence-electron chi connectivity index (χ3n) is 3.99. The smallest absolute Gasteiger partial charge is 0.121 e. The predicted molar refractivity (Wildman–Crippen MR) is 91.7 cm³/mol. The SMILES string of the molecule is N#C[C@@H](N[C@@H](CO)c1ccccc1)c1ccc2ccccc2c1. The Morgan fingerprint density at radius 2 is 1.57 bits per heavy atom. The molecule has 0 bridgehead atoms. The number of nitriles is 1. The van der Waals surface area contributed by atoms with Crippen LogP contribution in [0.5, 0.6) is 0 Å². The molecule has 0 aromatic heterocycles. The average molecular weight is 302 g/mol. The molecule has 2 N–H and O–H groups in total. The van der Waals surface area contributed by atoms with E-state index in [9.17, 15) is 10.4 Å². The Hall–Kier alpha value is -2.67. The van der Waals surface area contributed by atoms with Crippen LogP contribution in [0, 0.1) is 11.3 Å². The van der Waals surface area contributed by atoms with Crippen LogP contribution in [-0.2, 0) is 0 Å². The summed E-state index contributed by atoms with van der Waals surface area (Å²) >= 11 is 0. The molecule has 0 saturated heterocycles. The molecule has 0 saturated carbocycles. The summed E-state index contributed by atoms with van der Waals surface area (Å²) in [5, 5.41) is 24.7. The number of hydrogen-bond donors (Lipinski definition) is 2. The molecule has 0 radical (unpaired) electrons. The second-order valence-electron chi connectivity index (χ2n) is 5.48. The van der Waals surface area contributed by atoms with Gasteiger partial charge in [0.05, 0.1) is 18.7 Å². The fourth-order valence-electron chi connectivity index (χ4n) is 2.74. The molecule has 3 aromatic carbocycles. The highest BCUT2D eigenvalue weighted by molar-refractivity contribution is 5.83. The van der Waals surface area contributed by atoms with Gasteiger partial charge < -0.3 is 5.11 Å². The van der Waals surface area contributed by atoms with Crippen LogP contribution in [0.15, 0.2) is 72.8 Å². The molecule has 0 spiro atoms. The topological polar surface area (TPSA) is 56.0 Å². The first kappa shape index (κ1) is 15.2. The summed E-state index contributed by atoms with van der Waals surface area (Å²) in [4.78, 5) is 0. The average Bonchev–Trinajstić information content (AvgIpc) is 2.63. The van der Waals surface area contributed by atoms with Gasteiger partial charge in [0.1, 0.15) is 6.04 Å². The molecule has 0 aliphatic carbocycles. The number of benzene rings is 3. The standard InChI is InChI=1S/C20H18N2O/c21-13-19(22-20(14-23)16-7-2-1-3-8-16)18-11-10-15-6-4-5-9-17(15)12-18/h1-12,19-20,22-23H,14H2/t19-,20+/m1/s1. The van der Waals surface area contributed by atoms with E-state index >= 15 is 0 Å². The van der Waals surface area contributed by atoms with Gasteiger partial charge in [-0.2, -0.15) is 5.26 Å². The quantitative estimate of drug-likeness (QED) is 0.755. The van der Waals surface area contributed by atoms with Crippen LogP contribution in [-0.4, -0.2) is 11.7 Å². The lowest BCUT2D eigenvalue weighted by Gasteiger charge is -2.21. The van der Waals surface area contributed by atoms with Gasteiger partial charge in [0, 0.05) is 0 Å². The maximum Gasteiger partial charge on any atom is 0.121 e. The van der Waals surface area contributed by atoms with Crippen LogP contribution in [0.4, 0.5) is 0 Å². The van der Waals surface area contributed by atoms with E-state index < -0.39 is 6.04 Å². The first-order chi connectivity index (χ1) is 11.3. The maximum absolute atomic E-state index is 9.67. The van der Waals surface area contributed by atoms with E-state index in [1.165, 1.54) is 0 Å². The lowest BCUT2D eigenvalue weighted by Crippen LogP contribution is -2.28. The van der Waals surface area contributed by atoms with E-state index in [0.29, 0.717) is 0 Å². The van der Waals surface area contributed by atoms with Gasteiger partial charge in [-0.05, 0) is 28.0 Å². The largest absolute Gasteiger partial charge is 0.394 e. The minimum Gasteiger partial charge on any atom is -0.394 e. The molecule has 0 aliphatic heterocycles. The summed E-state index contributed by atoms with van der Waals surface area (Å²) in [6.07, 6.45) is 0. The van der Waals surface area contributed by atoms with Gasteiger partial charge in [-0.3, -0.25) is 5.32 Å². The van der Waals surface area contributed by atoms with Crippen molar-refractivity contribution in [2.45, 2.75) is 12.1 Å². The van der Waals surface area contributed by atoms with Gasteiger partial charge in [-0.25, -0.2) is 0 Å². The van der Waals surface area contributed by atoms with Crippen LogP contribution >= 0.6 is 0 Å². The number of nitrogens with one attached hydrogen (secondary N) is 1. The Morgan fingerprint density at radius 1 is 0.870 bits per heavy atom. The van der Waals surface area contributed by atoms with Crippen LogP contribution < -0.4 is 5.32 Å². The van der Waals surface area contributed by atoms with Crippen molar-refractivity contribution in [1.82, 2.24) is 5.32 Å². The molecule has 2 atom stereocenters. The number of fused-ring (bicyclic) bond motifs is 1.